The van der Waals surface area contributed by atoms with Crippen molar-refractivity contribution in [1.29, 1.82) is 0 Å². The second-order valence-electron chi connectivity index (χ2n) is 7.21. The normalized spacial score (nSPS) is 10.9. The number of rotatable bonds is 5. The molecule has 0 saturated heterocycles. The first-order valence-corrected chi connectivity index (χ1v) is 9.92. The average molecular weight is 400 g/mol. The Hall–Kier alpha value is -3.67. The molecule has 0 bridgehead atoms. The molecule has 6 heteroatoms. The van der Waals surface area contributed by atoms with E-state index in [0.717, 1.165) is 34.6 Å². The summed E-state index contributed by atoms with van der Waals surface area (Å²) in [6, 6.07) is 17.3. The third-order valence-electron chi connectivity index (χ3n) is 5.12. The topological polar surface area (TPSA) is 69.0 Å². The molecule has 0 radical (unpaired) electrons. The van der Waals surface area contributed by atoms with Crippen LogP contribution >= 0.6 is 0 Å². The van der Waals surface area contributed by atoms with Gasteiger partial charge in [0.25, 0.3) is 5.91 Å². The molecule has 0 aliphatic carbocycles. The first-order chi connectivity index (χ1) is 14.5. The van der Waals surface area contributed by atoms with Gasteiger partial charge in [0.1, 0.15) is 5.75 Å². The van der Waals surface area contributed by atoms with E-state index in [1.807, 2.05) is 50.2 Å². The van der Waals surface area contributed by atoms with Gasteiger partial charge in [-0.25, -0.2) is 9.67 Å². The molecule has 1 amide bonds. The van der Waals surface area contributed by atoms with Gasteiger partial charge in [0, 0.05) is 11.4 Å². The average Bonchev–Trinajstić information content (AvgIpc) is 3.09. The van der Waals surface area contributed by atoms with Gasteiger partial charge < -0.3 is 10.1 Å². The Bertz CT molecular complexity index is 1210. The molecular weight excluding hydrogens is 376 g/mol. The number of nitrogens with one attached hydrogen (secondary N) is 1. The van der Waals surface area contributed by atoms with Crippen LogP contribution in [0.2, 0.25) is 0 Å². The van der Waals surface area contributed by atoms with Crippen molar-refractivity contribution in [2.45, 2.75) is 27.2 Å². The van der Waals surface area contributed by atoms with E-state index < -0.39 is 0 Å². The SMILES string of the molecule is CCc1ccc(-n2nc(C)c3c(C(=O)Nc4ccc(OC)cc4)cc(C)nc32)cc1. The summed E-state index contributed by atoms with van der Waals surface area (Å²) in [5.74, 6) is 0.543. The van der Waals surface area contributed by atoms with E-state index in [0.29, 0.717) is 16.9 Å². The van der Waals surface area contributed by atoms with Crippen molar-refractivity contribution in [3.63, 3.8) is 0 Å². The zero-order valence-electron chi connectivity index (χ0n) is 17.6. The Morgan fingerprint density at radius 1 is 1.07 bits per heavy atom. The third kappa shape index (κ3) is 3.64. The fourth-order valence-electron chi connectivity index (χ4n) is 3.52. The van der Waals surface area contributed by atoms with Crippen LogP contribution in [-0.4, -0.2) is 27.8 Å². The van der Waals surface area contributed by atoms with Crippen molar-refractivity contribution in [2.24, 2.45) is 0 Å². The van der Waals surface area contributed by atoms with E-state index in [1.54, 1.807) is 17.9 Å². The molecule has 6 nitrogen and oxygen atoms in total. The molecule has 0 spiro atoms. The molecule has 1 N–H and O–H groups in total. The fourth-order valence-corrected chi connectivity index (χ4v) is 3.52. The molecule has 2 aromatic heterocycles. The Morgan fingerprint density at radius 2 is 1.77 bits per heavy atom. The lowest BCUT2D eigenvalue weighted by atomic mass is 10.1. The molecule has 4 aromatic rings. The lowest BCUT2D eigenvalue weighted by molar-refractivity contribution is 0.102. The number of aromatic nitrogens is 3. The van der Waals surface area contributed by atoms with Crippen molar-refractivity contribution in [1.82, 2.24) is 14.8 Å². The zero-order chi connectivity index (χ0) is 21.3. The van der Waals surface area contributed by atoms with Crippen LogP contribution in [0.5, 0.6) is 5.75 Å². The fraction of sp³-hybridized carbons (Fsp3) is 0.208. The standard InChI is InChI=1S/C24H24N4O2/c1-5-17-6-10-19(11-7-17)28-23-22(16(3)27-28)21(14-15(2)25-23)24(29)26-18-8-12-20(30-4)13-9-18/h6-14H,5H2,1-4H3,(H,26,29). The molecule has 152 valence electrons. The molecule has 0 fully saturated rings. The maximum absolute atomic E-state index is 13.1. The van der Waals surface area contributed by atoms with Gasteiger partial charge in [0.15, 0.2) is 5.65 Å². The zero-order valence-corrected chi connectivity index (χ0v) is 17.6. The van der Waals surface area contributed by atoms with Crippen LogP contribution in [0, 0.1) is 13.8 Å². The number of anilines is 1. The number of fused-ring (bicyclic) bond motifs is 1. The molecule has 30 heavy (non-hydrogen) atoms. The van der Waals surface area contributed by atoms with Gasteiger partial charge in [0.05, 0.1) is 29.4 Å². The number of amides is 1. The van der Waals surface area contributed by atoms with Crippen LogP contribution in [0.25, 0.3) is 16.7 Å². The van der Waals surface area contributed by atoms with Crippen LogP contribution in [0.1, 0.15) is 34.2 Å². The van der Waals surface area contributed by atoms with Gasteiger partial charge in [-0.05, 0) is 68.3 Å². The minimum Gasteiger partial charge on any atom is -0.497 e. The molecule has 4 rings (SSSR count). The maximum atomic E-state index is 13.1. The summed E-state index contributed by atoms with van der Waals surface area (Å²) >= 11 is 0. The van der Waals surface area contributed by atoms with E-state index in [-0.39, 0.29) is 5.91 Å². The van der Waals surface area contributed by atoms with Crippen LogP contribution in [-0.2, 0) is 6.42 Å². The van der Waals surface area contributed by atoms with Gasteiger partial charge in [-0.1, -0.05) is 19.1 Å². The van der Waals surface area contributed by atoms with Crippen LogP contribution in [0.4, 0.5) is 5.69 Å². The van der Waals surface area contributed by atoms with E-state index in [9.17, 15) is 4.79 Å². The number of methoxy groups -OCH3 is 1. The summed E-state index contributed by atoms with van der Waals surface area (Å²) in [5, 5.41) is 8.40. The Balaban J connectivity index is 1.76. The Kier molecular flexibility index (Phi) is 5.23. The van der Waals surface area contributed by atoms with Gasteiger partial charge in [-0.2, -0.15) is 5.10 Å². The Labute approximate surface area is 175 Å². The largest absolute Gasteiger partial charge is 0.497 e. The minimum absolute atomic E-state index is 0.195. The number of ether oxygens (including phenoxy) is 1. The van der Waals surface area contributed by atoms with E-state index in [1.165, 1.54) is 5.56 Å². The minimum atomic E-state index is -0.195. The number of carbonyl (C=O) groups is 1. The summed E-state index contributed by atoms with van der Waals surface area (Å²) in [6.45, 7) is 5.91. The molecular formula is C24H24N4O2. The summed E-state index contributed by atoms with van der Waals surface area (Å²) in [6.07, 6.45) is 0.978. The molecule has 2 heterocycles. The highest BCUT2D eigenvalue weighted by Gasteiger charge is 2.19. The van der Waals surface area contributed by atoms with Crippen molar-refractivity contribution >= 4 is 22.6 Å². The van der Waals surface area contributed by atoms with Crippen molar-refractivity contribution in [3.8, 4) is 11.4 Å². The quantitative estimate of drug-likeness (QED) is 0.519. The predicted molar refractivity (Wildman–Crippen MR) is 119 cm³/mol. The van der Waals surface area contributed by atoms with E-state index in [4.69, 9.17) is 9.72 Å². The molecule has 0 aliphatic rings. The first-order valence-electron chi connectivity index (χ1n) is 9.92. The molecule has 0 aliphatic heterocycles. The third-order valence-corrected chi connectivity index (χ3v) is 5.12. The Morgan fingerprint density at radius 3 is 2.40 bits per heavy atom. The lowest BCUT2D eigenvalue weighted by Crippen LogP contribution is -2.13. The number of hydrogen-bond acceptors (Lipinski definition) is 4. The number of pyridine rings is 1. The predicted octanol–water partition coefficient (Wildman–Crippen LogP) is 4.86. The van der Waals surface area contributed by atoms with Crippen LogP contribution in [0.15, 0.2) is 54.6 Å². The highest BCUT2D eigenvalue weighted by Crippen LogP contribution is 2.26. The number of aryl methyl sites for hydroxylation is 3. The second kappa shape index (κ2) is 7.99. The first kappa shape index (κ1) is 19.6. The van der Waals surface area contributed by atoms with Crippen molar-refractivity contribution in [2.75, 3.05) is 12.4 Å². The van der Waals surface area contributed by atoms with Crippen molar-refractivity contribution in [3.05, 3.63) is 77.1 Å². The molecule has 0 saturated carbocycles. The van der Waals surface area contributed by atoms with Gasteiger partial charge in [-0.3, -0.25) is 4.79 Å². The lowest BCUT2D eigenvalue weighted by Gasteiger charge is -2.09. The molecule has 0 atom stereocenters. The number of carbonyl (C=O) groups excluding carboxylic acids is 1. The smallest absolute Gasteiger partial charge is 0.256 e. The summed E-state index contributed by atoms with van der Waals surface area (Å²) in [4.78, 5) is 17.8. The van der Waals surface area contributed by atoms with Gasteiger partial charge >= 0.3 is 0 Å². The number of hydrogen-bond donors (Lipinski definition) is 1. The summed E-state index contributed by atoms with van der Waals surface area (Å²) < 4.78 is 6.98. The van der Waals surface area contributed by atoms with E-state index in [2.05, 4.69) is 29.5 Å². The van der Waals surface area contributed by atoms with Gasteiger partial charge in [0.2, 0.25) is 0 Å². The molecule has 2 aromatic carbocycles. The number of nitrogens with zero attached hydrogens (tertiary/aromatic N) is 3. The molecule has 0 unspecified atom stereocenters. The second-order valence-corrected chi connectivity index (χ2v) is 7.21. The van der Waals surface area contributed by atoms with Gasteiger partial charge in [-0.15, -0.1) is 0 Å². The maximum Gasteiger partial charge on any atom is 0.256 e. The van der Waals surface area contributed by atoms with Crippen molar-refractivity contribution < 1.29 is 9.53 Å². The monoisotopic (exact) mass is 400 g/mol. The summed E-state index contributed by atoms with van der Waals surface area (Å²) in [5.41, 5.74) is 5.63. The summed E-state index contributed by atoms with van der Waals surface area (Å²) in [7, 11) is 1.61. The van der Waals surface area contributed by atoms with Crippen LogP contribution in [0.3, 0.4) is 0 Å². The van der Waals surface area contributed by atoms with E-state index >= 15 is 0 Å². The number of benzene rings is 2. The van der Waals surface area contributed by atoms with Crippen LogP contribution < -0.4 is 10.1 Å². The highest BCUT2D eigenvalue weighted by atomic mass is 16.5. The highest BCUT2D eigenvalue weighted by molar-refractivity contribution is 6.12.